The number of hydrogen-bond acceptors (Lipinski definition) is 4. The molecule has 1 aliphatic rings. The molecule has 1 amide bonds. The molecule has 0 bridgehead atoms. The molecule has 0 saturated carbocycles. The highest BCUT2D eigenvalue weighted by Gasteiger charge is 2.38. The number of nitrogens with one attached hydrogen (secondary N) is 2. The number of amides is 1. The average molecular weight is 332 g/mol. The van der Waals surface area contributed by atoms with Crippen molar-refractivity contribution < 1.29 is 14.0 Å². The van der Waals surface area contributed by atoms with Crippen molar-refractivity contribution in [2.75, 3.05) is 5.32 Å². The molecule has 25 heavy (non-hydrogen) atoms. The summed E-state index contributed by atoms with van der Waals surface area (Å²) in [7, 11) is 0. The van der Waals surface area contributed by atoms with Gasteiger partial charge in [-0.1, -0.05) is 30.3 Å². The van der Waals surface area contributed by atoms with Crippen LogP contribution in [0.1, 0.15) is 32.5 Å². The van der Waals surface area contributed by atoms with Gasteiger partial charge in [0, 0.05) is 16.8 Å². The standard InChI is InChI=1S/C20H16N2O3/c23-19-14-9-4-5-10-15(14)21-17(16-11-6-12-25-16)18(19)22-20(24)13-7-2-1-3-8-13/h1-12,17-18,21H,(H,22,24)/t17-,18+/m1/s1. The lowest BCUT2D eigenvalue weighted by atomic mass is 9.90. The van der Waals surface area contributed by atoms with Crippen molar-refractivity contribution in [1.82, 2.24) is 5.32 Å². The minimum Gasteiger partial charge on any atom is -0.467 e. The third-order valence-electron chi connectivity index (χ3n) is 4.29. The van der Waals surface area contributed by atoms with Gasteiger partial charge in [0.25, 0.3) is 5.91 Å². The van der Waals surface area contributed by atoms with Crippen LogP contribution in [0.2, 0.25) is 0 Å². The second-order valence-corrected chi connectivity index (χ2v) is 5.86. The van der Waals surface area contributed by atoms with Crippen molar-refractivity contribution >= 4 is 17.4 Å². The molecule has 4 rings (SSSR count). The van der Waals surface area contributed by atoms with E-state index in [-0.39, 0.29) is 11.7 Å². The van der Waals surface area contributed by atoms with Gasteiger partial charge in [0.05, 0.1) is 6.26 Å². The molecule has 2 N–H and O–H groups in total. The van der Waals surface area contributed by atoms with Crippen LogP contribution in [0.4, 0.5) is 5.69 Å². The number of para-hydroxylation sites is 1. The number of carbonyl (C=O) groups excluding carboxylic acids is 2. The molecule has 0 aliphatic carbocycles. The number of furan rings is 1. The van der Waals surface area contributed by atoms with Crippen molar-refractivity contribution in [2.45, 2.75) is 12.1 Å². The minimum atomic E-state index is -0.756. The Hall–Kier alpha value is -3.34. The van der Waals surface area contributed by atoms with E-state index in [9.17, 15) is 9.59 Å². The van der Waals surface area contributed by atoms with Gasteiger partial charge in [-0.05, 0) is 36.4 Å². The molecule has 5 nitrogen and oxygen atoms in total. The number of Topliss-reactive ketones (excluding diaryl/α,β-unsaturated/α-hetero) is 1. The van der Waals surface area contributed by atoms with Gasteiger partial charge in [0.1, 0.15) is 17.8 Å². The maximum Gasteiger partial charge on any atom is 0.251 e. The van der Waals surface area contributed by atoms with Gasteiger partial charge in [-0.25, -0.2) is 0 Å². The monoisotopic (exact) mass is 332 g/mol. The Balaban J connectivity index is 1.70. The second-order valence-electron chi connectivity index (χ2n) is 5.86. The van der Waals surface area contributed by atoms with Gasteiger partial charge in [-0.3, -0.25) is 9.59 Å². The predicted molar refractivity (Wildman–Crippen MR) is 93.5 cm³/mol. The molecule has 0 radical (unpaired) electrons. The maximum atomic E-state index is 13.0. The quantitative estimate of drug-likeness (QED) is 0.771. The summed E-state index contributed by atoms with van der Waals surface area (Å²) in [6.07, 6.45) is 1.55. The number of fused-ring (bicyclic) bond motifs is 1. The van der Waals surface area contributed by atoms with Crippen molar-refractivity contribution in [2.24, 2.45) is 0 Å². The molecule has 1 aromatic heterocycles. The molecule has 124 valence electrons. The summed E-state index contributed by atoms with van der Waals surface area (Å²) in [6.45, 7) is 0. The number of hydrogen-bond donors (Lipinski definition) is 2. The van der Waals surface area contributed by atoms with Gasteiger partial charge in [0.2, 0.25) is 0 Å². The maximum absolute atomic E-state index is 13.0. The van der Waals surface area contributed by atoms with E-state index in [2.05, 4.69) is 10.6 Å². The molecule has 2 atom stereocenters. The van der Waals surface area contributed by atoms with Gasteiger partial charge >= 0.3 is 0 Å². The van der Waals surface area contributed by atoms with Crippen LogP contribution in [-0.4, -0.2) is 17.7 Å². The Kier molecular flexibility index (Phi) is 3.82. The molecule has 2 aromatic carbocycles. The normalized spacial score (nSPS) is 19.0. The van der Waals surface area contributed by atoms with E-state index in [4.69, 9.17) is 4.42 Å². The van der Waals surface area contributed by atoms with Crippen molar-refractivity contribution in [3.63, 3.8) is 0 Å². The van der Waals surface area contributed by atoms with E-state index in [0.29, 0.717) is 16.9 Å². The lowest BCUT2D eigenvalue weighted by Gasteiger charge is -2.32. The van der Waals surface area contributed by atoms with Crippen molar-refractivity contribution in [3.8, 4) is 0 Å². The summed E-state index contributed by atoms with van der Waals surface area (Å²) in [5, 5.41) is 6.16. The largest absolute Gasteiger partial charge is 0.467 e. The van der Waals surface area contributed by atoms with Crippen LogP contribution in [0.5, 0.6) is 0 Å². The Labute approximate surface area is 144 Å². The van der Waals surface area contributed by atoms with Gasteiger partial charge in [0.15, 0.2) is 5.78 Å². The van der Waals surface area contributed by atoms with E-state index in [1.807, 2.05) is 24.3 Å². The summed E-state index contributed by atoms with van der Waals surface area (Å²) >= 11 is 0. The topological polar surface area (TPSA) is 71.3 Å². The molecular weight excluding hydrogens is 316 g/mol. The third kappa shape index (κ3) is 2.80. The first-order chi connectivity index (χ1) is 12.2. The average Bonchev–Trinajstić information content (AvgIpc) is 3.19. The molecule has 5 heteroatoms. The van der Waals surface area contributed by atoms with Crippen LogP contribution in [0.3, 0.4) is 0 Å². The lowest BCUT2D eigenvalue weighted by molar-refractivity contribution is 0.0837. The summed E-state index contributed by atoms with van der Waals surface area (Å²) in [5.74, 6) is 0.165. The highest BCUT2D eigenvalue weighted by molar-refractivity contribution is 6.09. The number of carbonyl (C=O) groups is 2. The molecule has 3 aromatic rings. The van der Waals surface area contributed by atoms with Gasteiger partial charge < -0.3 is 15.1 Å². The molecular formula is C20H16N2O3. The molecule has 2 heterocycles. The Morgan fingerprint density at radius 3 is 2.48 bits per heavy atom. The Morgan fingerprint density at radius 2 is 1.72 bits per heavy atom. The minimum absolute atomic E-state index is 0.139. The highest BCUT2D eigenvalue weighted by Crippen LogP contribution is 2.33. The Bertz CT molecular complexity index is 904. The fourth-order valence-corrected chi connectivity index (χ4v) is 3.06. The fourth-order valence-electron chi connectivity index (χ4n) is 3.06. The van der Waals surface area contributed by atoms with Crippen LogP contribution in [0.15, 0.2) is 77.4 Å². The summed E-state index contributed by atoms with van der Waals surface area (Å²) in [5.41, 5.74) is 1.80. The van der Waals surface area contributed by atoms with E-state index < -0.39 is 12.1 Å². The first-order valence-electron chi connectivity index (χ1n) is 8.03. The smallest absolute Gasteiger partial charge is 0.251 e. The molecule has 1 aliphatic heterocycles. The number of ketones is 1. The van der Waals surface area contributed by atoms with Crippen molar-refractivity contribution in [1.29, 1.82) is 0 Å². The zero-order valence-electron chi connectivity index (χ0n) is 13.3. The van der Waals surface area contributed by atoms with E-state index in [1.54, 1.807) is 48.7 Å². The van der Waals surface area contributed by atoms with Gasteiger partial charge in [-0.2, -0.15) is 0 Å². The molecule has 0 unspecified atom stereocenters. The molecule has 0 fully saturated rings. The highest BCUT2D eigenvalue weighted by atomic mass is 16.3. The lowest BCUT2D eigenvalue weighted by Crippen LogP contribution is -2.49. The number of rotatable bonds is 3. The van der Waals surface area contributed by atoms with Crippen LogP contribution < -0.4 is 10.6 Å². The van der Waals surface area contributed by atoms with E-state index in [1.165, 1.54) is 0 Å². The summed E-state index contributed by atoms with van der Waals surface area (Å²) in [4.78, 5) is 25.6. The van der Waals surface area contributed by atoms with Crippen molar-refractivity contribution in [3.05, 3.63) is 89.9 Å². The first-order valence-corrected chi connectivity index (χ1v) is 8.03. The van der Waals surface area contributed by atoms with E-state index in [0.717, 1.165) is 5.69 Å². The summed E-state index contributed by atoms with van der Waals surface area (Å²) in [6, 6.07) is 18.4. The molecule has 0 spiro atoms. The van der Waals surface area contributed by atoms with Gasteiger partial charge in [-0.15, -0.1) is 0 Å². The predicted octanol–water partition coefficient (Wildman–Crippen LogP) is 3.43. The SMILES string of the molecule is O=C(N[C@@H]1C(=O)c2ccccc2N[C@@H]1c1ccco1)c1ccccc1. The zero-order valence-corrected chi connectivity index (χ0v) is 13.3. The zero-order chi connectivity index (χ0) is 17.2. The Morgan fingerprint density at radius 1 is 0.960 bits per heavy atom. The third-order valence-corrected chi connectivity index (χ3v) is 4.29. The van der Waals surface area contributed by atoms with Crippen LogP contribution in [0.25, 0.3) is 0 Å². The number of benzene rings is 2. The fraction of sp³-hybridized carbons (Fsp3) is 0.100. The van der Waals surface area contributed by atoms with Crippen LogP contribution >= 0.6 is 0 Å². The number of anilines is 1. The first kappa shape index (κ1) is 15.2. The van der Waals surface area contributed by atoms with Crippen LogP contribution in [0, 0.1) is 0 Å². The van der Waals surface area contributed by atoms with Crippen LogP contribution in [-0.2, 0) is 0 Å². The second kappa shape index (κ2) is 6.28. The molecule has 0 saturated heterocycles. The summed E-state index contributed by atoms with van der Waals surface area (Å²) < 4.78 is 5.49. The van der Waals surface area contributed by atoms with E-state index >= 15 is 0 Å².